The Morgan fingerprint density at radius 3 is 2.26 bits per heavy atom. The smallest absolute Gasteiger partial charge is 0.264 e. The van der Waals surface area contributed by atoms with Gasteiger partial charge in [0.1, 0.15) is 22.5 Å². The van der Waals surface area contributed by atoms with Crippen LogP contribution < -0.4 is 20.1 Å². The van der Waals surface area contributed by atoms with Gasteiger partial charge in [0.2, 0.25) is 0 Å². The number of anilines is 1. The first kappa shape index (κ1) is 24.2. The molecule has 0 saturated heterocycles. The Morgan fingerprint density at radius 2 is 1.57 bits per heavy atom. The molecule has 1 amide bonds. The van der Waals surface area contributed by atoms with Crippen molar-refractivity contribution in [3.63, 3.8) is 0 Å². The summed E-state index contributed by atoms with van der Waals surface area (Å²) in [6.45, 7) is 8.37. The van der Waals surface area contributed by atoms with E-state index in [0.29, 0.717) is 17.9 Å². The van der Waals surface area contributed by atoms with E-state index in [-0.39, 0.29) is 17.6 Å². The van der Waals surface area contributed by atoms with Gasteiger partial charge < -0.3 is 14.8 Å². The van der Waals surface area contributed by atoms with Gasteiger partial charge in [-0.15, -0.1) is 10.2 Å². The molecular weight excluding hydrogens is 462 g/mol. The van der Waals surface area contributed by atoms with Gasteiger partial charge in [0.25, 0.3) is 5.91 Å². The standard InChI is InChI=1S/C26H27N5O3S/c1-5-33-20-10-7-19(8-11-20)31-29-23-13-18(4)22(14-24(23)30-31)27-26(35)28-25(32)15-34-21-9-6-16(2)17(3)12-21/h6-14H,5,15H2,1-4H3,(H2,27,28,32,35). The minimum absolute atomic E-state index is 0.140. The first-order chi connectivity index (χ1) is 16.8. The molecule has 0 fully saturated rings. The summed E-state index contributed by atoms with van der Waals surface area (Å²) in [5, 5.41) is 15.0. The molecule has 8 nitrogen and oxygen atoms in total. The maximum Gasteiger partial charge on any atom is 0.264 e. The monoisotopic (exact) mass is 489 g/mol. The van der Waals surface area contributed by atoms with Crippen LogP contribution in [-0.2, 0) is 4.79 Å². The lowest BCUT2D eigenvalue weighted by molar-refractivity contribution is -0.121. The number of carbonyl (C=O) groups excluding carboxylic acids is 1. The minimum Gasteiger partial charge on any atom is -0.494 e. The molecule has 0 aliphatic rings. The number of fused-ring (bicyclic) bond motifs is 1. The molecule has 0 aliphatic heterocycles. The van der Waals surface area contributed by atoms with E-state index in [1.165, 1.54) is 5.56 Å². The summed E-state index contributed by atoms with van der Waals surface area (Å²) in [4.78, 5) is 13.9. The Balaban J connectivity index is 1.39. The Labute approximate surface area is 209 Å². The van der Waals surface area contributed by atoms with Gasteiger partial charge >= 0.3 is 0 Å². The van der Waals surface area contributed by atoms with Crippen molar-refractivity contribution < 1.29 is 14.3 Å². The molecule has 3 aromatic carbocycles. The Morgan fingerprint density at radius 1 is 0.886 bits per heavy atom. The lowest BCUT2D eigenvalue weighted by Gasteiger charge is -2.12. The number of nitrogens with zero attached hydrogens (tertiary/aromatic N) is 3. The van der Waals surface area contributed by atoms with Gasteiger partial charge in [0, 0.05) is 5.69 Å². The third-order valence-corrected chi connectivity index (χ3v) is 5.66. The molecule has 0 radical (unpaired) electrons. The van der Waals surface area contributed by atoms with Crippen LogP contribution in [-0.4, -0.2) is 39.2 Å². The maximum absolute atomic E-state index is 12.3. The molecule has 0 spiro atoms. The number of aryl methyl sites for hydroxylation is 3. The molecule has 0 atom stereocenters. The van der Waals surface area contributed by atoms with Crippen LogP contribution in [0.3, 0.4) is 0 Å². The van der Waals surface area contributed by atoms with Gasteiger partial charge in [-0.1, -0.05) is 6.07 Å². The number of carbonyl (C=O) groups is 1. The van der Waals surface area contributed by atoms with E-state index in [1.807, 2.05) is 82.3 Å². The number of hydrogen-bond acceptors (Lipinski definition) is 6. The van der Waals surface area contributed by atoms with Crippen LogP contribution in [0.5, 0.6) is 11.5 Å². The van der Waals surface area contributed by atoms with Crippen LogP contribution in [0.15, 0.2) is 54.6 Å². The molecule has 9 heteroatoms. The summed E-state index contributed by atoms with van der Waals surface area (Å²) in [5.41, 5.74) is 6.18. The third-order valence-electron chi connectivity index (χ3n) is 5.45. The first-order valence-corrected chi connectivity index (χ1v) is 11.6. The molecule has 0 saturated carbocycles. The van der Waals surface area contributed by atoms with Crippen molar-refractivity contribution >= 4 is 40.0 Å². The minimum atomic E-state index is -0.346. The van der Waals surface area contributed by atoms with Gasteiger partial charge in [0.15, 0.2) is 11.7 Å². The van der Waals surface area contributed by atoms with E-state index in [4.69, 9.17) is 21.7 Å². The van der Waals surface area contributed by atoms with Crippen molar-refractivity contribution in [3.8, 4) is 17.2 Å². The maximum atomic E-state index is 12.3. The molecule has 35 heavy (non-hydrogen) atoms. The number of thiocarbonyl (C=S) groups is 1. The lowest BCUT2D eigenvalue weighted by Crippen LogP contribution is -2.37. The number of rotatable bonds is 7. The zero-order chi connectivity index (χ0) is 24.9. The number of hydrogen-bond donors (Lipinski definition) is 2. The van der Waals surface area contributed by atoms with Crippen molar-refractivity contribution in [3.05, 3.63) is 71.3 Å². The van der Waals surface area contributed by atoms with Crippen molar-refractivity contribution in [1.82, 2.24) is 20.3 Å². The first-order valence-electron chi connectivity index (χ1n) is 11.2. The Hall–Kier alpha value is -3.98. The summed E-state index contributed by atoms with van der Waals surface area (Å²) < 4.78 is 11.1. The molecular formula is C26H27N5O3S. The number of aromatic nitrogens is 3. The highest BCUT2D eigenvalue weighted by Gasteiger charge is 2.12. The fourth-order valence-corrected chi connectivity index (χ4v) is 3.65. The third kappa shape index (κ3) is 5.93. The van der Waals surface area contributed by atoms with Crippen LogP contribution in [0.4, 0.5) is 5.69 Å². The number of amides is 1. The molecule has 1 heterocycles. The molecule has 4 rings (SSSR count). The van der Waals surface area contributed by atoms with E-state index < -0.39 is 0 Å². The van der Waals surface area contributed by atoms with Crippen LogP contribution in [0.1, 0.15) is 23.6 Å². The highest BCUT2D eigenvalue weighted by atomic mass is 32.1. The predicted molar refractivity (Wildman–Crippen MR) is 141 cm³/mol. The van der Waals surface area contributed by atoms with Crippen LogP contribution in [0.2, 0.25) is 0 Å². The SMILES string of the molecule is CCOc1ccc(-n2nc3cc(C)c(NC(=S)NC(=O)COc4ccc(C)c(C)c4)cc3n2)cc1. The molecule has 4 aromatic rings. The highest BCUT2D eigenvalue weighted by molar-refractivity contribution is 7.80. The quantitative estimate of drug-likeness (QED) is 0.366. The fraction of sp³-hybridized carbons (Fsp3) is 0.231. The number of benzene rings is 3. The summed E-state index contributed by atoms with van der Waals surface area (Å²) in [5.74, 6) is 1.09. The van der Waals surface area contributed by atoms with Gasteiger partial charge in [0.05, 0.1) is 12.3 Å². The van der Waals surface area contributed by atoms with E-state index in [0.717, 1.165) is 33.8 Å². The zero-order valence-electron chi connectivity index (χ0n) is 20.1. The largest absolute Gasteiger partial charge is 0.494 e. The van der Waals surface area contributed by atoms with E-state index in [1.54, 1.807) is 4.80 Å². The van der Waals surface area contributed by atoms with Crippen LogP contribution in [0.25, 0.3) is 16.7 Å². The lowest BCUT2D eigenvalue weighted by atomic mass is 10.1. The zero-order valence-corrected chi connectivity index (χ0v) is 20.9. The van der Waals surface area contributed by atoms with Crippen LogP contribution >= 0.6 is 12.2 Å². The van der Waals surface area contributed by atoms with Crippen molar-refractivity contribution in [1.29, 1.82) is 0 Å². The molecule has 1 aromatic heterocycles. The molecule has 180 valence electrons. The van der Waals surface area contributed by atoms with Crippen molar-refractivity contribution in [2.24, 2.45) is 0 Å². The van der Waals surface area contributed by atoms with Crippen molar-refractivity contribution in [2.75, 3.05) is 18.5 Å². The normalized spacial score (nSPS) is 10.7. The second kappa shape index (κ2) is 10.5. The second-order valence-corrected chi connectivity index (χ2v) is 8.52. The van der Waals surface area contributed by atoms with Gasteiger partial charge in [-0.25, -0.2) is 0 Å². The number of nitrogens with one attached hydrogen (secondary N) is 2. The molecule has 2 N–H and O–H groups in total. The van der Waals surface area contributed by atoms with Gasteiger partial charge in [-0.05, 0) is 105 Å². The fourth-order valence-electron chi connectivity index (χ4n) is 3.43. The number of ether oxygens (including phenoxy) is 2. The molecule has 0 bridgehead atoms. The van der Waals surface area contributed by atoms with Gasteiger partial charge in [-0.3, -0.25) is 10.1 Å². The Kier molecular flexibility index (Phi) is 7.26. The summed E-state index contributed by atoms with van der Waals surface area (Å²) in [6.07, 6.45) is 0. The van der Waals surface area contributed by atoms with Crippen LogP contribution in [0, 0.1) is 20.8 Å². The summed E-state index contributed by atoms with van der Waals surface area (Å²) >= 11 is 5.33. The van der Waals surface area contributed by atoms with Gasteiger partial charge in [-0.2, -0.15) is 4.80 Å². The Bertz CT molecular complexity index is 1380. The molecule has 0 aliphatic carbocycles. The summed E-state index contributed by atoms with van der Waals surface area (Å²) in [7, 11) is 0. The second-order valence-electron chi connectivity index (χ2n) is 8.11. The summed E-state index contributed by atoms with van der Waals surface area (Å²) in [6, 6.07) is 17.0. The van der Waals surface area contributed by atoms with E-state index in [2.05, 4.69) is 20.8 Å². The average molecular weight is 490 g/mol. The topological polar surface area (TPSA) is 90.3 Å². The van der Waals surface area contributed by atoms with Crippen molar-refractivity contribution in [2.45, 2.75) is 27.7 Å². The van der Waals surface area contributed by atoms with E-state index >= 15 is 0 Å². The average Bonchev–Trinajstić information content (AvgIpc) is 3.23. The molecule has 0 unspecified atom stereocenters. The highest BCUT2D eigenvalue weighted by Crippen LogP contribution is 2.23. The van der Waals surface area contributed by atoms with E-state index in [9.17, 15) is 4.79 Å². The predicted octanol–water partition coefficient (Wildman–Crippen LogP) is 4.64.